The predicted molar refractivity (Wildman–Crippen MR) is 106 cm³/mol. The summed E-state index contributed by atoms with van der Waals surface area (Å²) in [5.41, 5.74) is 4.40. The van der Waals surface area contributed by atoms with Crippen molar-refractivity contribution in [2.75, 3.05) is 26.2 Å². The molecule has 1 saturated heterocycles. The molecule has 1 aromatic carbocycles. The lowest BCUT2D eigenvalue weighted by molar-refractivity contribution is 0.183. The number of imidazole rings is 1. The molecule has 2 N–H and O–H groups in total. The monoisotopic (exact) mass is 366 g/mol. The minimum Gasteiger partial charge on any atom is -0.491 e. The Morgan fingerprint density at radius 1 is 1.19 bits per heavy atom. The topological polar surface area (TPSA) is 74.3 Å². The van der Waals surface area contributed by atoms with E-state index >= 15 is 0 Å². The maximum absolute atomic E-state index is 9.81. The van der Waals surface area contributed by atoms with Gasteiger partial charge in [0.2, 0.25) is 0 Å². The molecule has 4 rings (SSSR count). The van der Waals surface area contributed by atoms with Gasteiger partial charge in [-0.25, -0.2) is 9.97 Å². The molecule has 1 aliphatic heterocycles. The second kappa shape index (κ2) is 8.06. The number of fused-ring (bicyclic) bond motifs is 1. The van der Waals surface area contributed by atoms with Crippen molar-refractivity contribution >= 4 is 11.0 Å². The smallest absolute Gasteiger partial charge is 0.157 e. The second-order valence-electron chi connectivity index (χ2n) is 7.19. The molecule has 0 bridgehead atoms. The molecule has 3 aromatic rings. The van der Waals surface area contributed by atoms with Crippen LogP contribution in [0.5, 0.6) is 5.75 Å². The number of piperidine rings is 1. The number of ether oxygens (including phenoxy) is 1. The number of nitrogens with one attached hydrogen (secondary N) is 1. The molecular formula is C21H26N4O2. The van der Waals surface area contributed by atoms with Crippen LogP contribution in [0.25, 0.3) is 22.6 Å². The van der Waals surface area contributed by atoms with Crippen LogP contribution < -0.4 is 4.74 Å². The van der Waals surface area contributed by atoms with Crippen LogP contribution in [-0.4, -0.2) is 51.2 Å². The number of aliphatic hydroxyl groups excluding tert-OH is 1. The average molecular weight is 366 g/mol. The van der Waals surface area contributed by atoms with Crippen molar-refractivity contribution in [3.63, 3.8) is 0 Å². The van der Waals surface area contributed by atoms with E-state index in [2.05, 4.69) is 25.9 Å². The van der Waals surface area contributed by atoms with Gasteiger partial charge in [-0.15, -0.1) is 0 Å². The molecule has 0 spiro atoms. The lowest BCUT2D eigenvalue weighted by Gasteiger charge is -2.26. The van der Waals surface area contributed by atoms with E-state index in [4.69, 9.17) is 4.74 Å². The highest BCUT2D eigenvalue weighted by molar-refractivity contribution is 5.79. The summed E-state index contributed by atoms with van der Waals surface area (Å²) in [5, 5.41) is 9.81. The molecule has 142 valence electrons. The van der Waals surface area contributed by atoms with Crippen LogP contribution in [0, 0.1) is 6.92 Å². The van der Waals surface area contributed by atoms with Gasteiger partial charge < -0.3 is 14.8 Å². The van der Waals surface area contributed by atoms with Gasteiger partial charge in [0.05, 0.1) is 23.8 Å². The summed E-state index contributed by atoms with van der Waals surface area (Å²) in [6.07, 6.45) is 5.61. The third-order valence-corrected chi connectivity index (χ3v) is 5.10. The molecule has 1 aliphatic rings. The fraction of sp³-hybridized carbons (Fsp3) is 0.429. The second-order valence-corrected chi connectivity index (χ2v) is 7.19. The van der Waals surface area contributed by atoms with Crippen molar-refractivity contribution in [2.45, 2.75) is 32.8 Å². The molecule has 0 atom stereocenters. The number of pyridine rings is 1. The number of benzene rings is 1. The van der Waals surface area contributed by atoms with Gasteiger partial charge in [-0.05, 0) is 56.6 Å². The van der Waals surface area contributed by atoms with Crippen molar-refractivity contribution in [1.29, 1.82) is 0 Å². The normalized spacial score (nSPS) is 15.3. The fourth-order valence-electron chi connectivity index (χ4n) is 3.61. The first-order chi connectivity index (χ1) is 13.2. The van der Waals surface area contributed by atoms with Crippen LogP contribution >= 0.6 is 0 Å². The number of hydrogen-bond acceptors (Lipinski definition) is 5. The molecule has 3 heterocycles. The predicted octanol–water partition coefficient (Wildman–Crippen LogP) is 3.29. The van der Waals surface area contributed by atoms with Crippen LogP contribution in [0.1, 0.15) is 30.4 Å². The highest BCUT2D eigenvalue weighted by Crippen LogP contribution is 2.25. The van der Waals surface area contributed by atoms with E-state index in [1.165, 1.54) is 24.8 Å². The standard InChI is InChI=1S/C21H26N4O2/c1-15-5-6-18-19(11-15)24-21(23-18)20-16(14-26)12-17(13-22-20)27-10-9-25-7-3-2-4-8-25/h5-6,11-13,26H,2-4,7-10,14H2,1H3,(H,23,24). The Balaban J connectivity index is 1.48. The van der Waals surface area contributed by atoms with Crippen molar-refractivity contribution in [3.05, 3.63) is 41.6 Å². The summed E-state index contributed by atoms with van der Waals surface area (Å²) in [5.74, 6) is 1.35. The van der Waals surface area contributed by atoms with E-state index in [-0.39, 0.29) is 6.61 Å². The molecule has 0 aliphatic carbocycles. The summed E-state index contributed by atoms with van der Waals surface area (Å²) in [6, 6.07) is 7.94. The summed E-state index contributed by atoms with van der Waals surface area (Å²) in [4.78, 5) is 14.9. The van der Waals surface area contributed by atoms with Gasteiger partial charge in [0.15, 0.2) is 5.82 Å². The number of nitrogens with zero attached hydrogens (tertiary/aromatic N) is 3. The number of aromatic amines is 1. The Kier molecular flexibility index (Phi) is 5.36. The molecule has 27 heavy (non-hydrogen) atoms. The first kappa shape index (κ1) is 17.9. The van der Waals surface area contributed by atoms with Crippen molar-refractivity contribution < 1.29 is 9.84 Å². The fourth-order valence-corrected chi connectivity index (χ4v) is 3.61. The van der Waals surface area contributed by atoms with E-state index < -0.39 is 0 Å². The molecule has 6 nitrogen and oxygen atoms in total. The molecular weight excluding hydrogens is 340 g/mol. The van der Waals surface area contributed by atoms with Crippen LogP contribution in [0.4, 0.5) is 0 Å². The zero-order valence-corrected chi connectivity index (χ0v) is 15.7. The first-order valence-corrected chi connectivity index (χ1v) is 9.64. The van der Waals surface area contributed by atoms with Crippen LogP contribution in [-0.2, 0) is 6.61 Å². The third kappa shape index (κ3) is 4.12. The number of aliphatic hydroxyl groups is 1. The highest BCUT2D eigenvalue weighted by Gasteiger charge is 2.14. The van der Waals surface area contributed by atoms with E-state index in [1.54, 1.807) is 6.20 Å². The highest BCUT2D eigenvalue weighted by atomic mass is 16.5. The van der Waals surface area contributed by atoms with Gasteiger partial charge in [0.25, 0.3) is 0 Å². The minimum absolute atomic E-state index is 0.109. The maximum atomic E-state index is 9.81. The van der Waals surface area contributed by atoms with Gasteiger partial charge in [-0.1, -0.05) is 12.5 Å². The number of likely N-dealkylation sites (tertiary alicyclic amines) is 1. The van der Waals surface area contributed by atoms with E-state index in [0.717, 1.165) is 30.7 Å². The Hall–Kier alpha value is -2.44. The quantitative estimate of drug-likeness (QED) is 0.700. The molecule has 6 heteroatoms. The molecule has 0 saturated carbocycles. The van der Waals surface area contributed by atoms with E-state index in [0.29, 0.717) is 29.4 Å². The molecule has 0 radical (unpaired) electrons. The molecule has 0 amide bonds. The summed E-state index contributed by atoms with van der Waals surface area (Å²) < 4.78 is 5.87. The number of rotatable bonds is 6. The minimum atomic E-state index is -0.109. The molecule has 1 fully saturated rings. The third-order valence-electron chi connectivity index (χ3n) is 5.10. The number of aromatic nitrogens is 3. The van der Waals surface area contributed by atoms with E-state index in [1.807, 2.05) is 25.1 Å². The summed E-state index contributed by atoms with van der Waals surface area (Å²) >= 11 is 0. The van der Waals surface area contributed by atoms with Gasteiger partial charge in [-0.2, -0.15) is 0 Å². The van der Waals surface area contributed by atoms with Crippen molar-refractivity contribution in [2.24, 2.45) is 0 Å². The van der Waals surface area contributed by atoms with Gasteiger partial charge >= 0.3 is 0 Å². The number of aryl methyl sites for hydroxylation is 1. The van der Waals surface area contributed by atoms with Crippen LogP contribution in [0.15, 0.2) is 30.5 Å². The summed E-state index contributed by atoms with van der Waals surface area (Å²) in [7, 11) is 0. The Morgan fingerprint density at radius 3 is 2.85 bits per heavy atom. The lowest BCUT2D eigenvalue weighted by Crippen LogP contribution is -2.33. The number of hydrogen-bond donors (Lipinski definition) is 2. The van der Waals surface area contributed by atoms with E-state index in [9.17, 15) is 5.11 Å². The van der Waals surface area contributed by atoms with Gasteiger partial charge in [0, 0.05) is 12.1 Å². The SMILES string of the molecule is Cc1ccc2nc(-c3ncc(OCCN4CCCCC4)cc3CO)[nH]c2c1. The zero-order chi connectivity index (χ0) is 18.6. The van der Waals surface area contributed by atoms with Gasteiger partial charge in [0.1, 0.15) is 18.1 Å². The van der Waals surface area contributed by atoms with Crippen molar-refractivity contribution in [1.82, 2.24) is 19.9 Å². The van der Waals surface area contributed by atoms with Crippen molar-refractivity contribution in [3.8, 4) is 17.3 Å². The maximum Gasteiger partial charge on any atom is 0.157 e. The Morgan fingerprint density at radius 2 is 2.04 bits per heavy atom. The molecule has 2 aromatic heterocycles. The Bertz CT molecular complexity index is 916. The lowest BCUT2D eigenvalue weighted by atomic mass is 10.1. The molecule has 0 unspecified atom stereocenters. The average Bonchev–Trinajstić information content (AvgIpc) is 3.11. The Labute approximate surface area is 159 Å². The van der Waals surface area contributed by atoms with Crippen LogP contribution in [0.3, 0.4) is 0 Å². The number of H-pyrrole nitrogens is 1. The first-order valence-electron chi connectivity index (χ1n) is 9.64. The van der Waals surface area contributed by atoms with Crippen LogP contribution in [0.2, 0.25) is 0 Å². The van der Waals surface area contributed by atoms with Gasteiger partial charge in [-0.3, -0.25) is 4.90 Å². The largest absolute Gasteiger partial charge is 0.491 e. The summed E-state index contributed by atoms with van der Waals surface area (Å²) in [6.45, 7) is 5.83. The zero-order valence-electron chi connectivity index (χ0n) is 15.7.